The van der Waals surface area contributed by atoms with Crippen molar-refractivity contribution in [2.45, 2.75) is 57.4 Å². The van der Waals surface area contributed by atoms with Gasteiger partial charge in [-0.3, -0.25) is 9.59 Å². The summed E-state index contributed by atoms with van der Waals surface area (Å²) in [5, 5.41) is 2.82. The van der Waals surface area contributed by atoms with Crippen LogP contribution in [-0.2, 0) is 39.9 Å². The lowest BCUT2D eigenvalue weighted by molar-refractivity contribution is -0.346. The summed E-state index contributed by atoms with van der Waals surface area (Å²) in [5.41, 5.74) is 1.79. The lowest BCUT2D eigenvalue weighted by Gasteiger charge is -2.48. The molecule has 2 aliphatic rings. The van der Waals surface area contributed by atoms with Crippen molar-refractivity contribution in [2.75, 3.05) is 6.61 Å². The highest BCUT2D eigenvalue weighted by Crippen LogP contribution is 2.36. The van der Waals surface area contributed by atoms with E-state index >= 15 is 0 Å². The molecule has 2 aliphatic heterocycles. The molecule has 8 heteroatoms. The Morgan fingerprint density at radius 2 is 1.69 bits per heavy atom. The molecule has 6 atom stereocenters. The zero-order valence-electron chi connectivity index (χ0n) is 18.0. The minimum atomic E-state index is -0.856. The second-order valence-electron chi connectivity index (χ2n) is 7.82. The number of esters is 1. The van der Waals surface area contributed by atoms with E-state index in [0.29, 0.717) is 0 Å². The number of rotatable bonds is 6. The van der Waals surface area contributed by atoms with Gasteiger partial charge < -0.3 is 29.0 Å². The summed E-state index contributed by atoms with van der Waals surface area (Å²) in [5.74, 6) is -0.784. The van der Waals surface area contributed by atoms with Gasteiger partial charge >= 0.3 is 5.97 Å². The second-order valence-corrected chi connectivity index (χ2v) is 7.82. The lowest BCUT2D eigenvalue weighted by Crippen LogP contribution is -2.67. The van der Waals surface area contributed by atoms with Gasteiger partial charge in [0.2, 0.25) is 5.91 Å². The molecule has 0 radical (unpaired) electrons. The molecule has 0 spiro atoms. The maximum Gasteiger partial charge on any atom is 0.303 e. The molecule has 2 fully saturated rings. The number of fused-ring (bicyclic) bond motifs is 1. The van der Waals surface area contributed by atoms with E-state index in [1.165, 1.54) is 13.8 Å². The molecule has 2 heterocycles. The highest BCUT2D eigenvalue weighted by atomic mass is 16.8. The topological polar surface area (TPSA) is 92.3 Å². The first kappa shape index (κ1) is 22.4. The van der Waals surface area contributed by atoms with Gasteiger partial charge in [0.25, 0.3) is 0 Å². The van der Waals surface area contributed by atoms with Crippen molar-refractivity contribution in [1.82, 2.24) is 5.32 Å². The molecule has 4 unspecified atom stereocenters. The smallest absolute Gasteiger partial charge is 0.303 e. The van der Waals surface area contributed by atoms with Gasteiger partial charge in [-0.1, -0.05) is 60.7 Å². The van der Waals surface area contributed by atoms with E-state index in [1.54, 1.807) is 0 Å². The van der Waals surface area contributed by atoms with E-state index in [1.807, 2.05) is 60.7 Å². The molecule has 2 saturated heterocycles. The quantitative estimate of drug-likeness (QED) is 0.689. The Kier molecular flexibility index (Phi) is 7.16. The summed E-state index contributed by atoms with van der Waals surface area (Å²) in [4.78, 5) is 23.9. The highest BCUT2D eigenvalue weighted by molar-refractivity contribution is 5.73. The number of ether oxygens (including phenoxy) is 5. The number of carbonyl (C=O) groups is 2. The zero-order valence-corrected chi connectivity index (χ0v) is 18.0. The molecular weight excluding hydrogens is 414 g/mol. The summed E-state index contributed by atoms with van der Waals surface area (Å²) < 4.78 is 29.9. The van der Waals surface area contributed by atoms with Crippen molar-refractivity contribution in [2.24, 2.45) is 0 Å². The third kappa shape index (κ3) is 5.34. The van der Waals surface area contributed by atoms with Gasteiger partial charge in [0.05, 0.1) is 13.2 Å². The fraction of sp³-hybridized carbons (Fsp3) is 0.417. The van der Waals surface area contributed by atoms with Crippen LogP contribution in [0.4, 0.5) is 0 Å². The van der Waals surface area contributed by atoms with Gasteiger partial charge in [0, 0.05) is 19.4 Å². The van der Waals surface area contributed by atoms with Crippen LogP contribution in [0.15, 0.2) is 60.7 Å². The normalized spacial score (nSPS) is 29.6. The Labute approximate surface area is 186 Å². The lowest BCUT2D eigenvalue weighted by atomic mass is 9.95. The fourth-order valence-corrected chi connectivity index (χ4v) is 3.97. The van der Waals surface area contributed by atoms with Crippen LogP contribution in [0.1, 0.15) is 31.3 Å². The van der Waals surface area contributed by atoms with Crippen molar-refractivity contribution >= 4 is 11.9 Å². The summed E-state index contributed by atoms with van der Waals surface area (Å²) in [6.45, 7) is 3.20. The molecule has 8 nitrogen and oxygen atoms in total. The van der Waals surface area contributed by atoms with E-state index in [-0.39, 0.29) is 19.1 Å². The summed E-state index contributed by atoms with van der Waals surface area (Å²) >= 11 is 0. The van der Waals surface area contributed by atoms with Crippen LogP contribution in [0, 0.1) is 0 Å². The Morgan fingerprint density at radius 3 is 2.34 bits per heavy atom. The first-order chi connectivity index (χ1) is 15.5. The number of carbonyl (C=O) groups excluding carboxylic acids is 2. The minimum Gasteiger partial charge on any atom is -0.457 e. The van der Waals surface area contributed by atoms with Gasteiger partial charge in [-0.15, -0.1) is 0 Å². The Bertz CT molecular complexity index is 907. The van der Waals surface area contributed by atoms with Crippen molar-refractivity contribution in [3.05, 3.63) is 71.8 Å². The number of hydrogen-bond donors (Lipinski definition) is 1. The molecule has 4 rings (SSSR count). The molecule has 0 aliphatic carbocycles. The Balaban J connectivity index is 1.57. The highest BCUT2D eigenvalue weighted by Gasteiger charge is 2.52. The molecule has 170 valence electrons. The summed E-state index contributed by atoms with van der Waals surface area (Å²) in [7, 11) is 0. The molecule has 32 heavy (non-hydrogen) atoms. The average Bonchev–Trinajstić information content (AvgIpc) is 2.80. The summed E-state index contributed by atoms with van der Waals surface area (Å²) in [6.07, 6.45) is -3.49. The number of benzene rings is 2. The van der Waals surface area contributed by atoms with Crippen molar-refractivity contribution in [3.63, 3.8) is 0 Å². The Hall–Kier alpha value is -2.78. The molecule has 1 N–H and O–H groups in total. The van der Waals surface area contributed by atoms with Crippen LogP contribution in [-0.4, -0.2) is 49.1 Å². The molecule has 1 amide bonds. The predicted molar refractivity (Wildman–Crippen MR) is 113 cm³/mol. The van der Waals surface area contributed by atoms with Gasteiger partial charge in [0.1, 0.15) is 18.2 Å². The van der Waals surface area contributed by atoms with Crippen molar-refractivity contribution in [3.8, 4) is 0 Å². The van der Waals surface area contributed by atoms with E-state index in [0.717, 1.165) is 11.1 Å². The maximum atomic E-state index is 12.0. The molecular formula is C24H27NO7. The van der Waals surface area contributed by atoms with Crippen molar-refractivity contribution < 1.29 is 33.3 Å². The number of hydrogen-bond acceptors (Lipinski definition) is 7. The number of amides is 1. The molecule has 0 saturated carbocycles. The van der Waals surface area contributed by atoms with Crippen LogP contribution in [0.2, 0.25) is 0 Å². The van der Waals surface area contributed by atoms with Crippen LogP contribution >= 0.6 is 0 Å². The zero-order chi connectivity index (χ0) is 22.5. The van der Waals surface area contributed by atoms with Crippen LogP contribution in [0.25, 0.3) is 0 Å². The molecule has 2 aromatic carbocycles. The average molecular weight is 441 g/mol. The third-order valence-corrected chi connectivity index (χ3v) is 5.34. The number of nitrogens with one attached hydrogen (secondary N) is 1. The van der Waals surface area contributed by atoms with Crippen LogP contribution in [0.5, 0.6) is 0 Å². The second kappa shape index (κ2) is 10.2. The monoisotopic (exact) mass is 441 g/mol. The predicted octanol–water partition coefficient (Wildman–Crippen LogP) is 2.48. The van der Waals surface area contributed by atoms with Gasteiger partial charge in [0.15, 0.2) is 18.7 Å². The van der Waals surface area contributed by atoms with Crippen LogP contribution < -0.4 is 5.32 Å². The van der Waals surface area contributed by atoms with E-state index in [4.69, 9.17) is 23.7 Å². The van der Waals surface area contributed by atoms with Crippen LogP contribution in [0.3, 0.4) is 0 Å². The molecule has 0 bridgehead atoms. The summed E-state index contributed by atoms with van der Waals surface area (Å²) in [6, 6.07) is 18.3. The first-order valence-corrected chi connectivity index (χ1v) is 10.6. The molecule has 0 aromatic heterocycles. The van der Waals surface area contributed by atoms with E-state index < -0.39 is 42.9 Å². The van der Waals surface area contributed by atoms with Gasteiger partial charge in [-0.2, -0.15) is 0 Å². The van der Waals surface area contributed by atoms with Gasteiger partial charge in [-0.05, 0) is 5.56 Å². The maximum absolute atomic E-state index is 12.0. The SMILES string of the molecule is CC(=O)NC1C(OC(C)=O)[C@H]2OC(c3ccccc3)OCC2O[C@H]1OCc1ccccc1. The van der Waals surface area contributed by atoms with Gasteiger partial charge in [-0.25, -0.2) is 0 Å². The standard InChI is InChI=1S/C24H27NO7/c1-15(26)25-20-22(30-16(2)27)21-19(14-29-23(32-21)18-11-7-4-8-12-18)31-24(20)28-13-17-9-5-3-6-10-17/h3-12,19-24H,13-14H2,1-2H3,(H,25,26)/t19?,20?,21-,22?,23?,24+/m0/s1. The minimum absolute atomic E-state index is 0.222. The van der Waals surface area contributed by atoms with E-state index in [9.17, 15) is 9.59 Å². The first-order valence-electron chi connectivity index (χ1n) is 10.6. The Morgan fingerprint density at radius 1 is 1.00 bits per heavy atom. The fourth-order valence-electron chi connectivity index (χ4n) is 3.97. The van der Waals surface area contributed by atoms with E-state index in [2.05, 4.69) is 5.32 Å². The third-order valence-electron chi connectivity index (χ3n) is 5.34. The largest absolute Gasteiger partial charge is 0.457 e. The van der Waals surface area contributed by atoms with Crippen molar-refractivity contribution in [1.29, 1.82) is 0 Å². The molecule has 2 aromatic rings.